The van der Waals surface area contributed by atoms with Crippen molar-refractivity contribution in [1.29, 1.82) is 0 Å². The molecule has 1 amide bonds. The Morgan fingerprint density at radius 3 is 3.00 bits per heavy atom. The molecular formula is C19H16N4O2S. The third-order valence-corrected chi connectivity index (χ3v) is 4.96. The van der Waals surface area contributed by atoms with Crippen molar-refractivity contribution in [2.24, 2.45) is 4.99 Å². The second-order valence-corrected chi connectivity index (χ2v) is 6.81. The number of amidine groups is 1. The van der Waals surface area contributed by atoms with Crippen LogP contribution in [0.1, 0.15) is 11.1 Å². The number of benzene rings is 1. The molecule has 6 nitrogen and oxygen atoms in total. The summed E-state index contributed by atoms with van der Waals surface area (Å²) in [6.07, 6.45) is 5.43. The fraction of sp³-hybridized carbons (Fsp3) is 0.105. The Balaban J connectivity index is 1.63. The summed E-state index contributed by atoms with van der Waals surface area (Å²) in [5.41, 5.74) is 3.50. The lowest BCUT2D eigenvalue weighted by molar-refractivity contribution is -0.115. The molecule has 1 aromatic carbocycles. The largest absolute Gasteiger partial charge is 0.497 e. The number of carbonyl (C=O) groups is 1. The highest BCUT2D eigenvalue weighted by Gasteiger charge is 2.24. The van der Waals surface area contributed by atoms with Crippen LogP contribution < -0.4 is 10.1 Å². The number of aryl methyl sites for hydroxylation is 1. The van der Waals surface area contributed by atoms with Gasteiger partial charge in [-0.3, -0.25) is 4.79 Å². The topological polar surface area (TPSA) is 79.4 Å². The average Bonchev–Trinajstić information content (AvgIpc) is 3.21. The Bertz CT molecular complexity index is 1070. The Hall–Kier alpha value is -3.06. The summed E-state index contributed by atoms with van der Waals surface area (Å²) in [5, 5.41) is 4.36. The van der Waals surface area contributed by atoms with Crippen LogP contribution in [-0.4, -0.2) is 28.2 Å². The molecule has 0 spiro atoms. The van der Waals surface area contributed by atoms with Crippen molar-refractivity contribution < 1.29 is 9.53 Å². The minimum atomic E-state index is -0.154. The summed E-state index contributed by atoms with van der Waals surface area (Å²) < 4.78 is 5.21. The van der Waals surface area contributed by atoms with Crippen molar-refractivity contribution in [3.05, 3.63) is 58.8 Å². The van der Waals surface area contributed by atoms with Crippen LogP contribution in [0.25, 0.3) is 17.1 Å². The third kappa shape index (κ3) is 3.09. The van der Waals surface area contributed by atoms with E-state index in [1.807, 2.05) is 49.5 Å². The molecule has 0 saturated carbocycles. The summed E-state index contributed by atoms with van der Waals surface area (Å²) in [5.74, 6) is 0.626. The molecule has 0 radical (unpaired) electrons. The minimum Gasteiger partial charge on any atom is -0.497 e. The maximum Gasteiger partial charge on any atom is 0.264 e. The lowest BCUT2D eigenvalue weighted by atomic mass is 10.2. The predicted octanol–water partition coefficient (Wildman–Crippen LogP) is 3.77. The van der Waals surface area contributed by atoms with Crippen molar-refractivity contribution >= 4 is 45.6 Å². The molecule has 26 heavy (non-hydrogen) atoms. The van der Waals surface area contributed by atoms with Gasteiger partial charge in [-0.15, -0.1) is 0 Å². The molecule has 1 saturated heterocycles. The first-order valence-electron chi connectivity index (χ1n) is 8.00. The second kappa shape index (κ2) is 6.68. The molecule has 0 atom stereocenters. The number of hydrogen-bond acceptors (Lipinski definition) is 5. The van der Waals surface area contributed by atoms with Gasteiger partial charge in [0.05, 0.1) is 17.7 Å². The number of aliphatic imine (C=N–C) groups is 1. The molecule has 0 aliphatic carbocycles. The van der Waals surface area contributed by atoms with E-state index in [4.69, 9.17) is 4.74 Å². The zero-order valence-corrected chi connectivity index (χ0v) is 15.1. The van der Waals surface area contributed by atoms with E-state index in [-0.39, 0.29) is 5.91 Å². The maximum absolute atomic E-state index is 12.3. The fourth-order valence-corrected chi connectivity index (χ4v) is 3.53. The molecule has 1 fully saturated rings. The van der Waals surface area contributed by atoms with Gasteiger partial charge in [0.1, 0.15) is 11.4 Å². The highest BCUT2D eigenvalue weighted by atomic mass is 32.2. The zero-order valence-electron chi connectivity index (χ0n) is 14.2. The summed E-state index contributed by atoms with van der Waals surface area (Å²) in [4.78, 5) is 24.8. The number of nitrogens with one attached hydrogen (secondary N) is 2. The van der Waals surface area contributed by atoms with Crippen molar-refractivity contribution in [2.45, 2.75) is 6.92 Å². The standard InChI is InChI=1S/C19H16N4O2S/c1-11-8-13(25-2)5-6-15(11)22-19-23-18(24)16(26-19)9-12-10-21-17-14(12)4-3-7-20-17/h3-10H,1-2H3,(H,20,21)(H,22,23,24)/b16-9-. The average molecular weight is 364 g/mol. The number of carbonyl (C=O) groups excluding carboxylic acids is 1. The van der Waals surface area contributed by atoms with E-state index in [2.05, 4.69) is 20.3 Å². The third-order valence-electron chi connectivity index (χ3n) is 4.05. The molecule has 1 aliphatic rings. The number of aromatic amines is 1. The predicted molar refractivity (Wildman–Crippen MR) is 105 cm³/mol. The van der Waals surface area contributed by atoms with Crippen LogP contribution in [0, 0.1) is 6.92 Å². The van der Waals surface area contributed by atoms with Crippen molar-refractivity contribution in [1.82, 2.24) is 15.3 Å². The van der Waals surface area contributed by atoms with Crippen LogP contribution in [-0.2, 0) is 4.79 Å². The quantitative estimate of drug-likeness (QED) is 0.694. The monoisotopic (exact) mass is 364 g/mol. The number of methoxy groups -OCH3 is 1. The SMILES string of the molecule is COc1ccc(/N=C2/NC(=O)/C(=C/c3c[nH]c4ncccc34)S2)c(C)c1. The number of pyridine rings is 1. The van der Waals surface area contributed by atoms with Gasteiger partial charge < -0.3 is 15.0 Å². The van der Waals surface area contributed by atoms with E-state index in [1.165, 1.54) is 11.8 Å². The summed E-state index contributed by atoms with van der Waals surface area (Å²) in [6, 6.07) is 9.48. The van der Waals surface area contributed by atoms with E-state index >= 15 is 0 Å². The summed E-state index contributed by atoms with van der Waals surface area (Å²) in [6.45, 7) is 1.96. The lowest BCUT2D eigenvalue weighted by Gasteiger charge is -2.04. The highest BCUT2D eigenvalue weighted by molar-refractivity contribution is 8.18. The normalized spacial score (nSPS) is 17.2. The zero-order chi connectivity index (χ0) is 18.1. The van der Waals surface area contributed by atoms with Crippen molar-refractivity contribution in [2.75, 3.05) is 7.11 Å². The van der Waals surface area contributed by atoms with Crippen molar-refractivity contribution in [3.63, 3.8) is 0 Å². The molecule has 130 valence electrons. The number of aromatic nitrogens is 2. The van der Waals surface area contributed by atoms with Gasteiger partial charge in [0.2, 0.25) is 0 Å². The summed E-state index contributed by atoms with van der Waals surface area (Å²) >= 11 is 1.32. The Kier molecular flexibility index (Phi) is 4.22. The van der Waals surface area contributed by atoms with Gasteiger partial charge in [-0.2, -0.15) is 0 Å². The number of rotatable bonds is 3. The number of nitrogens with zero attached hydrogens (tertiary/aromatic N) is 2. The number of amides is 1. The van der Waals surface area contributed by atoms with E-state index in [1.54, 1.807) is 13.3 Å². The highest BCUT2D eigenvalue weighted by Crippen LogP contribution is 2.31. The first-order valence-corrected chi connectivity index (χ1v) is 8.82. The fourth-order valence-electron chi connectivity index (χ4n) is 2.71. The first-order chi connectivity index (χ1) is 12.6. The second-order valence-electron chi connectivity index (χ2n) is 5.78. The number of H-pyrrole nitrogens is 1. The molecule has 0 bridgehead atoms. The first kappa shape index (κ1) is 16.4. The van der Waals surface area contributed by atoms with Crippen LogP contribution in [0.15, 0.2) is 52.6 Å². The van der Waals surface area contributed by atoms with Gasteiger partial charge in [-0.25, -0.2) is 9.98 Å². The van der Waals surface area contributed by atoms with E-state index in [9.17, 15) is 4.79 Å². The number of thioether (sulfide) groups is 1. The van der Waals surface area contributed by atoms with Gasteiger partial charge >= 0.3 is 0 Å². The van der Waals surface area contributed by atoms with Crippen LogP contribution in [0.5, 0.6) is 5.75 Å². The van der Waals surface area contributed by atoms with Crippen LogP contribution in [0.4, 0.5) is 5.69 Å². The smallest absolute Gasteiger partial charge is 0.264 e. The molecule has 3 aromatic rings. The molecular weight excluding hydrogens is 348 g/mol. The van der Waals surface area contributed by atoms with Gasteiger partial charge in [0, 0.05) is 23.3 Å². The molecule has 4 rings (SSSR count). The molecule has 0 unspecified atom stereocenters. The number of hydrogen-bond donors (Lipinski definition) is 2. The van der Waals surface area contributed by atoms with Crippen LogP contribution in [0.3, 0.4) is 0 Å². The molecule has 3 heterocycles. The van der Waals surface area contributed by atoms with Crippen LogP contribution >= 0.6 is 11.8 Å². The Morgan fingerprint density at radius 1 is 1.31 bits per heavy atom. The lowest BCUT2D eigenvalue weighted by Crippen LogP contribution is -2.19. The van der Waals surface area contributed by atoms with E-state index in [0.717, 1.165) is 33.6 Å². The maximum atomic E-state index is 12.3. The van der Waals surface area contributed by atoms with Crippen LogP contribution in [0.2, 0.25) is 0 Å². The van der Waals surface area contributed by atoms with Gasteiger partial charge in [-0.1, -0.05) is 0 Å². The molecule has 2 N–H and O–H groups in total. The van der Waals surface area contributed by atoms with Gasteiger partial charge in [0.25, 0.3) is 5.91 Å². The van der Waals surface area contributed by atoms with Gasteiger partial charge in [0.15, 0.2) is 5.17 Å². The van der Waals surface area contributed by atoms with Crippen molar-refractivity contribution in [3.8, 4) is 5.75 Å². The molecule has 7 heteroatoms. The molecule has 2 aromatic heterocycles. The Labute approximate surface area is 154 Å². The van der Waals surface area contributed by atoms with E-state index < -0.39 is 0 Å². The van der Waals surface area contributed by atoms with E-state index in [0.29, 0.717) is 10.1 Å². The number of ether oxygens (including phenoxy) is 1. The number of fused-ring (bicyclic) bond motifs is 1. The van der Waals surface area contributed by atoms with Gasteiger partial charge in [-0.05, 0) is 60.7 Å². The summed E-state index contributed by atoms with van der Waals surface area (Å²) in [7, 11) is 1.63. The Morgan fingerprint density at radius 2 is 2.19 bits per heavy atom. The minimum absolute atomic E-state index is 0.154. The molecule has 1 aliphatic heterocycles.